The quantitative estimate of drug-likeness (QED) is 0.291. The highest BCUT2D eigenvalue weighted by Gasteiger charge is 2.21. The third-order valence-corrected chi connectivity index (χ3v) is 3.55. The number of rotatable bonds is 5. The van der Waals surface area contributed by atoms with Crippen LogP contribution in [0.1, 0.15) is 52.4 Å². The van der Waals surface area contributed by atoms with Crippen molar-refractivity contribution in [3.8, 4) is 0 Å². The molecule has 0 radical (unpaired) electrons. The molecule has 0 aliphatic heterocycles. The van der Waals surface area contributed by atoms with Gasteiger partial charge < -0.3 is 16.3 Å². The molecule has 0 heterocycles. The zero-order chi connectivity index (χ0) is 12.0. The minimum absolute atomic E-state index is 0.271. The Morgan fingerprint density at radius 2 is 2.00 bits per heavy atom. The highest BCUT2D eigenvalue weighted by molar-refractivity contribution is 5.80. The van der Waals surface area contributed by atoms with Crippen LogP contribution in [0, 0.1) is 5.92 Å². The summed E-state index contributed by atoms with van der Waals surface area (Å²) >= 11 is 0. The molecule has 1 saturated carbocycles. The average molecular weight is 227 g/mol. The minimum Gasteiger partial charge on any atom is -0.409 e. The van der Waals surface area contributed by atoms with Gasteiger partial charge in [0.1, 0.15) is 5.84 Å². The molecule has 0 amide bonds. The number of hydrogen-bond donors (Lipinski definition) is 3. The fraction of sp³-hybridized carbons (Fsp3) is 0.917. The van der Waals surface area contributed by atoms with E-state index in [0.717, 1.165) is 5.92 Å². The molecule has 1 aliphatic carbocycles. The Morgan fingerprint density at radius 1 is 1.38 bits per heavy atom. The van der Waals surface area contributed by atoms with Gasteiger partial charge in [0.05, 0.1) is 0 Å². The van der Waals surface area contributed by atoms with Crippen LogP contribution in [0.5, 0.6) is 0 Å². The average Bonchev–Trinajstić information content (AvgIpc) is 2.29. The van der Waals surface area contributed by atoms with E-state index in [9.17, 15) is 0 Å². The second-order valence-corrected chi connectivity index (χ2v) is 5.05. The Morgan fingerprint density at radius 3 is 2.56 bits per heavy atom. The van der Waals surface area contributed by atoms with Gasteiger partial charge in [0.25, 0.3) is 0 Å². The Labute approximate surface area is 98.3 Å². The molecule has 16 heavy (non-hydrogen) atoms. The normalized spacial score (nSPS) is 23.0. The number of oxime groups is 1. The van der Waals surface area contributed by atoms with Crippen molar-refractivity contribution >= 4 is 5.84 Å². The Bertz CT molecular complexity index is 224. The summed E-state index contributed by atoms with van der Waals surface area (Å²) in [6.45, 7) is 4.33. The molecule has 94 valence electrons. The second-order valence-electron chi connectivity index (χ2n) is 5.05. The third-order valence-electron chi connectivity index (χ3n) is 3.55. The summed E-state index contributed by atoms with van der Waals surface area (Å²) in [6.07, 6.45) is 7.40. The van der Waals surface area contributed by atoms with Gasteiger partial charge in [-0.2, -0.15) is 0 Å². The number of hydrogen-bond acceptors (Lipinski definition) is 3. The smallest absolute Gasteiger partial charge is 0.140 e. The Hall–Kier alpha value is -0.770. The van der Waals surface area contributed by atoms with Crippen molar-refractivity contribution in [3.05, 3.63) is 0 Å². The molecule has 0 aromatic heterocycles. The maximum atomic E-state index is 8.50. The van der Waals surface area contributed by atoms with Crippen molar-refractivity contribution < 1.29 is 5.21 Å². The van der Waals surface area contributed by atoms with Gasteiger partial charge in [-0.15, -0.1) is 0 Å². The van der Waals surface area contributed by atoms with Crippen molar-refractivity contribution in [2.45, 2.75) is 64.5 Å². The maximum Gasteiger partial charge on any atom is 0.140 e. The summed E-state index contributed by atoms with van der Waals surface area (Å²) in [4.78, 5) is 0. The van der Waals surface area contributed by atoms with E-state index in [2.05, 4.69) is 24.3 Å². The van der Waals surface area contributed by atoms with Crippen LogP contribution in [-0.4, -0.2) is 23.1 Å². The highest BCUT2D eigenvalue weighted by atomic mass is 16.4. The molecule has 4 N–H and O–H groups in total. The third kappa shape index (κ3) is 4.39. The molecule has 2 atom stereocenters. The first-order chi connectivity index (χ1) is 7.63. The minimum atomic E-state index is 0.271. The molecule has 4 nitrogen and oxygen atoms in total. The van der Waals surface area contributed by atoms with E-state index in [-0.39, 0.29) is 6.04 Å². The van der Waals surface area contributed by atoms with Gasteiger partial charge in [-0.3, -0.25) is 0 Å². The lowest BCUT2D eigenvalue weighted by atomic mass is 9.84. The van der Waals surface area contributed by atoms with Crippen LogP contribution in [-0.2, 0) is 0 Å². The van der Waals surface area contributed by atoms with Crippen molar-refractivity contribution in [2.24, 2.45) is 16.8 Å². The van der Waals surface area contributed by atoms with Crippen LogP contribution in [0.3, 0.4) is 0 Å². The molecule has 0 aromatic rings. The number of nitrogens with one attached hydrogen (secondary N) is 1. The first-order valence-corrected chi connectivity index (χ1v) is 6.36. The summed E-state index contributed by atoms with van der Waals surface area (Å²) in [7, 11) is 0. The van der Waals surface area contributed by atoms with Crippen molar-refractivity contribution in [1.82, 2.24) is 5.32 Å². The van der Waals surface area contributed by atoms with Gasteiger partial charge in [-0.1, -0.05) is 24.4 Å². The summed E-state index contributed by atoms with van der Waals surface area (Å²) < 4.78 is 0. The summed E-state index contributed by atoms with van der Waals surface area (Å²) in [5.74, 6) is 1.10. The fourth-order valence-corrected chi connectivity index (χ4v) is 2.63. The van der Waals surface area contributed by atoms with E-state index in [1.807, 2.05) is 0 Å². The number of amidine groups is 1. The van der Waals surface area contributed by atoms with Gasteiger partial charge in [-0.25, -0.2) is 0 Å². The number of nitrogens with two attached hydrogens (primary N) is 1. The molecule has 0 saturated heterocycles. The SMILES string of the molecule is CC(CC(N)=NO)NC(C)C1CCCCC1. The predicted molar refractivity (Wildman–Crippen MR) is 66.7 cm³/mol. The maximum absolute atomic E-state index is 8.50. The zero-order valence-electron chi connectivity index (χ0n) is 10.4. The van der Waals surface area contributed by atoms with Crippen molar-refractivity contribution in [3.63, 3.8) is 0 Å². The second kappa shape index (κ2) is 6.74. The predicted octanol–water partition coefficient (Wildman–Crippen LogP) is 2.07. The monoisotopic (exact) mass is 227 g/mol. The molecule has 1 fully saturated rings. The van der Waals surface area contributed by atoms with Gasteiger partial charge in [0, 0.05) is 18.5 Å². The van der Waals surface area contributed by atoms with Crippen LogP contribution in [0.25, 0.3) is 0 Å². The molecular weight excluding hydrogens is 202 g/mol. The van der Waals surface area contributed by atoms with Gasteiger partial charge >= 0.3 is 0 Å². The Balaban J connectivity index is 2.29. The fourth-order valence-electron chi connectivity index (χ4n) is 2.63. The zero-order valence-corrected chi connectivity index (χ0v) is 10.4. The van der Waals surface area contributed by atoms with E-state index in [1.165, 1.54) is 32.1 Å². The molecule has 0 bridgehead atoms. The van der Waals surface area contributed by atoms with E-state index >= 15 is 0 Å². The van der Waals surface area contributed by atoms with Gasteiger partial charge in [-0.05, 0) is 32.6 Å². The van der Waals surface area contributed by atoms with Crippen molar-refractivity contribution in [1.29, 1.82) is 0 Å². The van der Waals surface area contributed by atoms with Gasteiger partial charge in [0.2, 0.25) is 0 Å². The van der Waals surface area contributed by atoms with E-state index in [4.69, 9.17) is 10.9 Å². The molecular formula is C12H25N3O. The topological polar surface area (TPSA) is 70.6 Å². The van der Waals surface area contributed by atoms with Crippen LogP contribution < -0.4 is 11.1 Å². The highest BCUT2D eigenvalue weighted by Crippen LogP contribution is 2.26. The largest absolute Gasteiger partial charge is 0.409 e. The summed E-state index contributed by atoms with van der Waals surface area (Å²) in [5.41, 5.74) is 5.49. The standard InChI is InChI=1S/C12H25N3O/c1-9(8-12(13)15-16)14-10(2)11-6-4-3-5-7-11/h9-11,14,16H,3-8H2,1-2H3,(H2,13,15). The molecule has 1 rings (SSSR count). The first-order valence-electron chi connectivity index (χ1n) is 6.36. The van der Waals surface area contributed by atoms with Gasteiger partial charge in [0.15, 0.2) is 0 Å². The number of nitrogens with zero attached hydrogens (tertiary/aromatic N) is 1. The lowest BCUT2D eigenvalue weighted by molar-refractivity contribution is 0.267. The molecule has 4 heteroatoms. The summed E-state index contributed by atoms with van der Waals surface area (Å²) in [5, 5.41) is 15.0. The van der Waals surface area contributed by atoms with Crippen molar-refractivity contribution in [2.75, 3.05) is 0 Å². The first kappa shape index (κ1) is 13.3. The van der Waals surface area contributed by atoms with E-state index < -0.39 is 0 Å². The molecule has 0 spiro atoms. The lowest BCUT2D eigenvalue weighted by Crippen LogP contribution is -2.41. The molecule has 2 unspecified atom stereocenters. The lowest BCUT2D eigenvalue weighted by Gasteiger charge is -2.30. The molecule has 1 aliphatic rings. The van der Waals surface area contributed by atoms with E-state index in [0.29, 0.717) is 18.3 Å². The van der Waals surface area contributed by atoms with E-state index in [1.54, 1.807) is 0 Å². The van der Waals surface area contributed by atoms with Crippen LogP contribution in [0.2, 0.25) is 0 Å². The summed E-state index contributed by atoms with van der Waals surface area (Å²) in [6, 6.07) is 0.801. The molecule has 0 aromatic carbocycles. The Kier molecular flexibility index (Phi) is 5.60. The van der Waals surface area contributed by atoms with Crippen LogP contribution in [0.15, 0.2) is 5.16 Å². The van der Waals surface area contributed by atoms with Crippen LogP contribution >= 0.6 is 0 Å². The van der Waals surface area contributed by atoms with Crippen LogP contribution in [0.4, 0.5) is 0 Å².